The second kappa shape index (κ2) is 8.79. The topological polar surface area (TPSA) is 101 Å². The number of nitro groups is 1. The summed E-state index contributed by atoms with van der Waals surface area (Å²) in [6.45, 7) is 3.30. The molecule has 1 heterocycles. The van der Waals surface area contributed by atoms with Gasteiger partial charge in [-0.1, -0.05) is 23.2 Å². The number of aromatic nitrogens is 1. The molecule has 2 aromatic rings. The zero-order valence-corrected chi connectivity index (χ0v) is 16.3. The van der Waals surface area contributed by atoms with Crippen LogP contribution in [0.15, 0.2) is 30.5 Å². The highest BCUT2D eigenvalue weighted by molar-refractivity contribution is 7.62. The van der Waals surface area contributed by atoms with Crippen LogP contribution in [-0.2, 0) is 13.6 Å². The molecule has 0 aliphatic carbocycles. The van der Waals surface area contributed by atoms with Gasteiger partial charge in [-0.15, -0.1) is 0 Å². The largest absolute Gasteiger partial charge is 0.438 e. The summed E-state index contributed by atoms with van der Waals surface area (Å²) in [5, 5.41) is 11.6. The van der Waals surface area contributed by atoms with Crippen LogP contribution >= 0.6 is 30.8 Å². The van der Waals surface area contributed by atoms with Crippen molar-refractivity contribution in [2.24, 2.45) is 0 Å². The molecular formula is C15H15Cl2N2O6P. The van der Waals surface area contributed by atoms with E-state index in [0.717, 1.165) is 6.07 Å². The van der Waals surface area contributed by atoms with Gasteiger partial charge in [0.05, 0.1) is 23.2 Å². The second-order valence-electron chi connectivity index (χ2n) is 4.78. The van der Waals surface area contributed by atoms with Crippen LogP contribution in [-0.4, -0.2) is 23.1 Å². The summed E-state index contributed by atoms with van der Waals surface area (Å²) in [4.78, 5) is 14.6. The predicted octanol–water partition coefficient (Wildman–Crippen LogP) is 4.98. The van der Waals surface area contributed by atoms with Crippen LogP contribution in [0, 0.1) is 10.1 Å². The first kappa shape index (κ1) is 20.6. The number of ether oxygens (including phenoxy) is 1. The molecule has 26 heavy (non-hydrogen) atoms. The molecule has 0 N–H and O–H groups in total. The molecule has 0 unspecified atom stereocenters. The van der Waals surface area contributed by atoms with Crippen molar-refractivity contribution < 1.29 is 23.3 Å². The van der Waals surface area contributed by atoms with Crippen molar-refractivity contribution in [1.82, 2.24) is 4.98 Å². The normalized spacial score (nSPS) is 11.4. The van der Waals surface area contributed by atoms with Crippen molar-refractivity contribution in [2.75, 3.05) is 13.2 Å². The number of hydrogen-bond donors (Lipinski definition) is 0. The Morgan fingerprint density at radius 3 is 2.38 bits per heavy atom. The predicted molar refractivity (Wildman–Crippen MR) is 97.9 cm³/mol. The first-order valence-electron chi connectivity index (χ1n) is 7.47. The number of benzene rings is 1. The van der Waals surface area contributed by atoms with Gasteiger partial charge in [0.15, 0.2) is 0 Å². The van der Waals surface area contributed by atoms with Gasteiger partial charge in [0.1, 0.15) is 16.1 Å². The molecule has 11 heteroatoms. The second-order valence-corrected chi connectivity index (χ2v) is 7.62. The average molecular weight is 421 g/mol. The molecule has 0 aliphatic heterocycles. The molecule has 0 radical (unpaired) electrons. The van der Waals surface area contributed by atoms with E-state index in [9.17, 15) is 14.7 Å². The summed E-state index contributed by atoms with van der Waals surface area (Å²) in [5.74, 6) is 0.167. The summed E-state index contributed by atoms with van der Waals surface area (Å²) in [7, 11) is -3.91. The molecule has 1 aromatic carbocycles. The molecule has 0 fully saturated rings. The molecule has 0 saturated heterocycles. The average Bonchev–Trinajstić information content (AvgIpc) is 2.57. The van der Waals surface area contributed by atoms with E-state index < -0.39 is 18.2 Å². The van der Waals surface area contributed by atoms with Gasteiger partial charge >= 0.3 is 7.60 Å². The Labute approximate surface area is 159 Å². The minimum atomic E-state index is -3.91. The van der Waals surface area contributed by atoms with Gasteiger partial charge in [-0.25, -0.2) is 4.98 Å². The van der Waals surface area contributed by atoms with E-state index in [0.29, 0.717) is 5.02 Å². The lowest BCUT2D eigenvalue weighted by Crippen LogP contribution is -2.15. The molecule has 0 bridgehead atoms. The summed E-state index contributed by atoms with van der Waals surface area (Å²) >= 11 is 11.8. The lowest BCUT2D eigenvalue weighted by atomic mass is 10.3. The van der Waals surface area contributed by atoms with E-state index in [-0.39, 0.29) is 35.2 Å². The fourth-order valence-electron chi connectivity index (χ4n) is 2.05. The molecule has 0 atom stereocenters. The van der Waals surface area contributed by atoms with E-state index in [2.05, 4.69) is 4.98 Å². The van der Waals surface area contributed by atoms with E-state index in [1.165, 1.54) is 24.4 Å². The maximum Gasteiger partial charge on any atom is 0.368 e. The summed E-state index contributed by atoms with van der Waals surface area (Å²) in [5.41, 5.74) is -0.405. The quantitative estimate of drug-likeness (QED) is 0.337. The number of halogens is 2. The maximum atomic E-state index is 13.0. The molecule has 0 amide bonds. The van der Waals surface area contributed by atoms with Crippen molar-refractivity contribution in [3.05, 3.63) is 50.6 Å². The molecule has 0 spiro atoms. The third-order valence-electron chi connectivity index (χ3n) is 3.03. The minimum absolute atomic E-state index is 0.0403. The Morgan fingerprint density at radius 2 is 1.85 bits per heavy atom. The van der Waals surface area contributed by atoms with E-state index in [4.69, 9.17) is 37.0 Å². The SMILES string of the molecule is CCOP(=O)(OCC)c1cc(Oc2ncc(Cl)cc2Cl)ccc1[N+](=O)[O-]. The van der Waals surface area contributed by atoms with Crippen molar-refractivity contribution in [3.63, 3.8) is 0 Å². The van der Waals surface area contributed by atoms with Crippen LogP contribution < -0.4 is 10.0 Å². The lowest BCUT2D eigenvalue weighted by Gasteiger charge is -2.17. The number of pyridine rings is 1. The van der Waals surface area contributed by atoms with Gasteiger partial charge in [0.2, 0.25) is 5.88 Å². The van der Waals surface area contributed by atoms with Crippen molar-refractivity contribution >= 4 is 41.8 Å². The smallest absolute Gasteiger partial charge is 0.368 e. The van der Waals surface area contributed by atoms with Crippen LogP contribution in [0.25, 0.3) is 0 Å². The molecule has 8 nitrogen and oxygen atoms in total. The van der Waals surface area contributed by atoms with Crippen LogP contribution in [0.2, 0.25) is 10.0 Å². The number of nitro benzene ring substituents is 1. The zero-order valence-electron chi connectivity index (χ0n) is 13.8. The summed E-state index contributed by atoms with van der Waals surface area (Å²) < 4.78 is 28.9. The van der Waals surface area contributed by atoms with E-state index in [1.807, 2.05) is 0 Å². The Kier molecular flexibility index (Phi) is 6.97. The Bertz CT molecular complexity index is 854. The van der Waals surface area contributed by atoms with Crippen molar-refractivity contribution in [2.45, 2.75) is 13.8 Å². The van der Waals surface area contributed by atoms with Gasteiger partial charge in [-0.3, -0.25) is 14.7 Å². The molecule has 0 saturated carbocycles. The zero-order chi connectivity index (χ0) is 19.3. The van der Waals surface area contributed by atoms with Gasteiger partial charge in [-0.2, -0.15) is 0 Å². The Balaban J connectivity index is 2.50. The number of hydrogen-bond acceptors (Lipinski definition) is 7. The Morgan fingerprint density at radius 1 is 1.19 bits per heavy atom. The highest BCUT2D eigenvalue weighted by Gasteiger charge is 2.35. The first-order valence-corrected chi connectivity index (χ1v) is 9.77. The van der Waals surface area contributed by atoms with E-state index in [1.54, 1.807) is 13.8 Å². The van der Waals surface area contributed by atoms with Crippen molar-refractivity contribution in [1.29, 1.82) is 0 Å². The van der Waals surface area contributed by atoms with Crippen molar-refractivity contribution in [3.8, 4) is 11.6 Å². The highest BCUT2D eigenvalue weighted by atomic mass is 35.5. The number of nitrogens with zero attached hydrogens (tertiary/aromatic N) is 2. The monoisotopic (exact) mass is 420 g/mol. The third kappa shape index (κ3) is 4.72. The molecule has 1 aromatic heterocycles. The van der Waals surface area contributed by atoms with Crippen LogP contribution in [0.4, 0.5) is 5.69 Å². The van der Waals surface area contributed by atoms with E-state index >= 15 is 0 Å². The fraction of sp³-hybridized carbons (Fsp3) is 0.267. The van der Waals surface area contributed by atoms with Gasteiger partial charge in [0, 0.05) is 18.3 Å². The fourth-order valence-corrected chi connectivity index (χ4v) is 4.22. The maximum absolute atomic E-state index is 13.0. The van der Waals surface area contributed by atoms with Gasteiger partial charge in [0.25, 0.3) is 5.69 Å². The Hall–Kier alpha value is -1.70. The number of rotatable bonds is 8. The van der Waals surface area contributed by atoms with Gasteiger partial charge in [-0.05, 0) is 26.0 Å². The lowest BCUT2D eigenvalue weighted by molar-refractivity contribution is -0.383. The van der Waals surface area contributed by atoms with Crippen LogP contribution in [0.1, 0.15) is 13.8 Å². The molecular weight excluding hydrogens is 406 g/mol. The summed E-state index contributed by atoms with van der Waals surface area (Å²) in [6.07, 6.45) is 1.33. The van der Waals surface area contributed by atoms with Crippen LogP contribution in [0.5, 0.6) is 11.6 Å². The summed E-state index contributed by atoms with van der Waals surface area (Å²) in [6, 6.07) is 5.13. The highest BCUT2D eigenvalue weighted by Crippen LogP contribution is 2.50. The van der Waals surface area contributed by atoms with Gasteiger partial charge < -0.3 is 13.8 Å². The van der Waals surface area contributed by atoms with Crippen LogP contribution in [0.3, 0.4) is 0 Å². The minimum Gasteiger partial charge on any atom is -0.438 e. The molecule has 140 valence electrons. The third-order valence-corrected chi connectivity index (χ3v) is 5.65. The molecule has 0 aliphatic rings. The molecule has 2 rings (SSSR count). The first-order chi connectivity index (χ1) is 12.3. The standard InChI is InChI=1S/C15H15Cl2N2O6P/c1-3-23-26(22,24-4-2)14-8-11(5-6-13(14)19(20)21)25-15-12(17)7-10(16)9-18-15/h5-9H,3-4H2,1-2H3.